The molecular formula is C19H26N2O2. The predicted molar refractivity (Wildman–Crippen MR) is 88.2 cm³/mol. The monoisotopic (exact) mass is 314 g/mol. The molecule has 4 nitrogen and oxygen atoms in total. The van der Waals surface area contributed by atoms with Gasteiger partial charge < -0.3 is 9.64 Å². The summed E-state index contributed by atoms with van der Waals surface area (Å²) < 4.78 is 6.04. The summed E-state index contributed by atoms with van der Waals surface area (Å²) in [5.74, 6) is 1.50. The molecule has 0 spiro atoms. The maximum atomic E-state index is 12.7. The van der Waals surface area contributed by atoms with E-state index in [0.29, 0.717) is 11.6 Å². The number of likely N-dealkylation sites (tertiary alicyclic amines) is 1. The lowest BCUT2D eigenvalue weighted by Crippen LogP contribution is -2.35. The molecule has 3 fully saturated rings. The Labute approximate surface area is 138 Å². The van der Waals surface area contributed by atoms with Crippen molar-refractivity contribution in [1.29, 1.82) is 0 Å². The van der Waals surface area contributed by atoms with Gasteiger partial charge in [0, 0.05) is 31.3 Å². The third kappa shape index (κ3) is 3.01. The first-order valence-electron chi connectivity index (χ1n) is 8.96. The largest absolute Gasteiger partial charge is 0.381 e. The fraction of sp³-hybridized carbons (Fsp3) is 0.684. The van der Waals surface area contributed by atoms with Crippen molar-refractivity contribution in [3.63, 3.8) is 0 Å². The SMILES string of the molecule is Cc1ccc(C(=O)N2C[C@H]3CCC[C@@]3(COCC3CC3)C2)nc1. The Balaban J connectivity index is 1.43. The number of carbonyl (C=O) groups is 1. The summed E-state index contributed by atoms with van der Waals surface area (Å²) in [6.45, 7) is 5.47. The summed E-state index contributed by atoms with van der Waals surface area (Å²) in [6, 6.07) is 3.81. The Morgan fingerprint density at radius 1 is 1.39 bits per heavy atom. The normalized spacial score (nSPS) is 29.8. The molecule has 0 radical (unpaired) electrons. The molecule has 4 heteroatoms. The second-order valence-electron chi connectivity index (χ2n) is 7.82. The molecule has 2 saturated carbocycles. The van der Waals surface area contributed by atoms with Crippen LogP contribution in [0.4, 0.5) is 0 Å². The second-order valence-corrected chi connectivity index (χ2v) is 7.82. The zero-order chi connectivity index (χ0) is 15.9. The fourth-order valence-corrected chi connectivity index (χ4v) is 4.27. The summed E-state index contributed by atoms with van der Waals surface area (Å²) in [7, 11) is 0. The highest BCUT2D eigenvalue weighted by Gasteiger charge is 2.51. The molecule has 2 heterocycles. The van der Waals surface area contributed by atoms with E-state index in [1.165, 1.54) is 32.1 Å². The smallest absolute Gasteiger partial charge is 0.272 e. The van der Waals surface area contributed by atoms with E-state index >= 15 is 0 Å². The van der Waals surface area contributed by atoms with E-state index in [9.17, 15) is 4.79 Å². The minimum atomic E-state index is 0.0842. The van der Waals surface area contributed by atoms with Gasteiger partial charge in [0.25, 0.3) is 5.91 Å². The van der Waals surface area contributed by atoms with Crippen LogP contribution in [0.25, 0.3) is 0 Å². The Hall–Kier alpha value is -1.42. The van der Waals surface area contributed by atoms with Crippen LogP contribution in [-0.2, 0) is 4.74 Å². The van der Waals surface area contributed by atoms with Crippen molar-refractivity contribution in [2.24, 2.45) is 17.3 Å². The molecule has 1 aromatic rings. The molecule has 124 valence electrons. The van der Waals surface area contributed by atoms with Crippen LogP contribution in [0, 0.1) is 24.2 Å². The van der Waals surface area contributed by atoms with E-state index in [4.69, 9.17) is 4.74 Å². The maximum Gasteiger partial charge on any atom is 0.272 e. The average molecular weight is 314 g/mol. The quantitative estimate of drug-likeness (QED) is 0.839. The molecule has 3 aliphatic rings. The Morgan fingerprint density at radius 3 is 3.00 bits per heavy atom. The molecule has 2 aliphatic carbocycles. The highest BCUT2D eigenvalue weighted by atomic mass is 16.5. The van der Waals surface area contributed by atoms with Gasteiger partial charge in [-0.3, -0.25) is 9.78 Å². The molecule has 23 heavy (non-hydrogen) atoms. The minimum Gasteiger partial charge on any atom is -0.381 e. The fourth-order valence-electron chi connectivity index (χ4n) is 4.27. The molecule has 2 atom stereocenters. The molecular weight excluding hydrogens is 288 g/mol. The first-order chi connectivity index (χ1) is 11.2. The van der Waals surface area contributed by atoms with Gasteiger partial charge >= 0.3 is 0 Å². The topological polar surface area (TPSA) is 42.4 Å². The van der Waals surface area contributed by atoms with Gasteiger partial charge in [0.2, 0.25) is 0 Å². The zero-order valence-corrected chi connectivity index (χ0v) is 14.0. The lowest BCUT2D eigenvalue weighted by atomic mass is 9.81. The zero-order valence-electron chi connectivity index (χ0n) is 14.0. The number of hydrogen-bond donors (Lipinski definition) is 0. The molecule has 0 bridgehead atoms. The summed E-state index contributed by atoms with van der Waals surface area (Å²) in [4.78, 5) is 19.1. The van der Waals surface area contributed by atoms with Gasteiger partial charge in [-0.05, 0) is 56.1 Å². The number of pyridine rings is 1. The average Bonchev–Trinajstić information content (AvgIpc) is 3.17. The van der Waals surface area contributed by atoms with Gasteiger partial charge in [0.15, 0.2) is 0 Å². The lowest BCUT2D eigenvalue weighted by molar-refractivity contribution is 0.0306. The van der Waals surface area contributed by atoms with Gasteiger partial charge in [0.1, 0.15) is 5.69 Å². The molecule has 4 rings (SSSR count). The van der Waals surface area contributed by atoms with Crippen molar-refractivity contribution in [2.45, 2.75) is 39.0 Å². The first kappa shape index (κ1) is 15.1. The van der Waals surface area contributed by atoms with Crippen LogP contribution in [0.5, 0.6) is 0 Å². The van der Waals surface area contributed by atoms with Crippen LogP contribution >= 0.6 is 0 Å². The van der Waals surface area contributed by atoms with Crippen molar-refractivity contribution < 1.29 is 9.53 Å². The van der Waals surface area contributed by atoms with Crippen LogP contribution in [-0.4, -0.2) is 42.1 Å². The number of aromatic nitrogens is 1. The number of amides is 1. The van der Waals surface area contributed by atoms with Crippen LogP contribution in [0.2, 0.25) is 0 Å². The Morgan fingerprint density at radius 2 is 2.26 bits per heavy atom. The summed E-state index contributed by atoms with van der Waals surface area (Å²) in [5, 5.41) is 0. The minimum absolute atomic E-state index is 0.0842. The summed E-state index contributed by atoms with van der Waals surface area (Å²) in [6.07, 6.45) is 8.16. The van der Waals surface area contributed by atoms with Gasteiger partial charge in [-0.25, -0.2) is 0 Å². The summed E-state index contributed by atoms with van der Waals surface area (Å²) in [5.41, 5.74) is 1.87. The number of carbonyl (C=O) groups excluding carboxylic acids is 1. The molecule has 0 aromatic carbocycles. The number of ether oxygens (including phenoxy) is 1. The summed E-state index contributed by atoms with van der Waals surface area (Å²) >= 11 is 0. The Kier molecular flexibility index (Phi) is 3.88. The Bertz CT molecular complexity index is 582. The molecule has 1 amide bonds. The number of hydrogen-bond acceptors (Lipinski definition) is 3. The predicted octanol–water partition coefficient (Wildman–Crippen LogP) is 3.06. The maximum absolute atomic E-state index is 12.7. The van der Waals surface area contributed by atoms with Gasteiger partial charge in [-0.1, -0.05) is 12.5 Å². The van der Waals surface area contributed by atoms with E-state index in [0.717, 1.165) is 37.8 Å². The van der Waals surface area contributed by atoms with E-state index < -0.39 is 0 Å². The van der Waals surface area contributed by atoms with Gasteiger partial charge in [-0.15, -0.1) is 0 Å². The van der Waals surface area contributed by atoms with E-state index in [1.54, 1.807) is 6.20 Å². The molecule has 1 aliphatic heterocycles. The van der Waals surface area contributed by atoms with Crippen molar-refractivity contribution in [1.82, 2.24) is 9.88 Å². The number of fused-ring (bicyclic) bond motifs is 1. The third-order valence-electron chi connectivity index (χ3n) is 5.90. The van der Waals surface area contributed by atoms with Crippen molar-refractivity contribution in [3.05, 3.63) is 29.6 Å². The number of nitrogens with zero attached hydrogens (tertiary/aromatic N) is 2. The number of rotatable bonds is 5. The van der Waals surface area contributed by atoms with Crippen molar-refractivity contribution in [3.8, 4) is 0 Å². The lowest BCUT2D eigenvalue weighted by Gasteiger charge is -2.28. The van der Waals surface area contributed by atoms with Gasteiger partial charge in [0.05, 0.1) is 6.61 Å². The van der Waals surface area contributed by atoms with Gasteiger partial charge in [-0.2, -0.15) is 0 Å². The third-order valence-corrected chi connectivity index (χ3v) is 5.90. The highest BCUT2D eigenvalue weighted by Crippen LogP contribution is 2.49. The molecule has 0 unspecified atom stereocenters. The van der Waals surface area contributed by atoms with Crippen molar-refractivity contribution in [2.75, 3.05) is 26.3 Å². The first-order valence-corrected chi connectivity index (χ1v) is 8.96. The molecule has 1 aromatic heterocycles. The molecule has 0 N–H and O–H groups in total. The van der Waals surface area contributed by atoms with Crippen LogP contribution in [0.1, 0.15) is 48.2 Å². The van der Waals surface area contributed by atoms with E-state index in [1.807, 2.05) is 24.0 Å². The van der Waals surface area contributed by atoms with Crippen molar-refractivity contribution >= 4 is 5.91 Å². The van der Waals surface area contributed by atoms with Crippen LogP contribution in [0.15, 0.2) is 18.3 Å². The van der Waals surface area contributed by atoms with E-state index in [-0.39, 0.29) is 11.3 Å². The van der Waals surface area contributed by atoms with Crippen LogP contribution < -0.4 is 0 Å². The second kappa shape index (κ2) is 5.90. The standard InChI is InChI=1S/C19H26N2O2/c1-14-4-7-17(20-9-14)18(22)21-10-16-3-2-8-19(16,12-21)13-23-11-15-5-6-15/h4,7,9,15-16H,2-3,5-6,8,10-13H2,1H3/t16-,19+/m1/s1. The molecule has 1 saturated heterocycles. The highest BCUT2D eigenvalue weighted by molar-refractivity contribution is 5.92. The van der Waals surface area contributed by atoms with Crippen LogP contribution in [0.3, 0.4) is 0 Å². The number of aryl methyl sites for hydroxylation is 1. The van der Waals surface area contributed by atoms with E-state index in [2.05, 4.69) is 4.98 Å².